The Morgan fingerprint density at radius 1 is 1.27 bits per heavy atom. The monoisotopic (exact) mass is 399 g/mol. The van der Waals surface area contributed by atoms with Gasteiger partial charge in [-0.2, -0.15) is 0 Å². The van der Waals surface area contributed by atoms with Crippen LogP contribution in [0, 0.1) is 5.82 Å². The fourth-order valence-corrected chi connectivity index (χ4v) is 4.58. The van der Waals surface area contributed by atoms with Crippen molar-refractivity contribution in [1.82, 2.24) is 4.90 Å². The van der Waals surface area contributed by atoms with Crippen LogP contribution in [0.15, 0.2) is 18.2 Å². The van der Waals surface area contributed by atoms with Gasteiger partial charge in [0.15, 0.2) is 10.7 Å². The van der Waals surface area contributed by atoms with Crippen LogP contribution < -0.4 is 16.0 Å². The number of nitrogens with two attached hydrogens (primary N) is 1. The number of nitrogens with one attached hydrogen (secondary N) is 2. The summed E-state index contributed by atoms with van der Waals surface area (Å²) >= 11 is 11.3. The Balaban J connectivity index is 1.63. The number of primary amides is 1. The molecule has 0 saturated carbocycles. The number of quaternary nitrogens is 1. The van der Waals surface area contributed by atoms with E-state index in [-0.39, 0.29) is 10.9 Å². The van der Waals surface area contributed by atoms with Gasteiger partial charge in [0.2, 0.25) is 0 Å². The molecule has 2 saturated heterocycles. The third kappa shape index (κ3) is 3.94. The number of carbonyl (C=O) groups is 1. The van der Waals surface area contributed by atoms with Gasteiger partial charge < -0.3 is 20.9 Å². The highest BCUT2D eigenvalue weighted by Gasteiger charge is 2.49. The van der Waals surface area contributed by atoms with Gasteiger partial charge in [-0.15, -0.1) is 0 Å². The largest absolute Gasteiger partial charge is 0.364 e. The molecule has 0 atom stereocenters. The molecule has 4 N–H and O–H groups in total. The molecule has 0 aliphatic carbocycles. The fraction of sp³-hybridized carbons (Fsp3) is 0.556. The van der Waals surface area contributed by atoms with Crippen LogP contribution in [0.1, 0.15) is 32.1 Å². The molecular formula is C18H25ClFN4OS+. The van der Waals surface area contributed by atoms with Crippen molar-refractivity contribution in [3.63, 3.8) is 0 Å². The highest BCUT2D eigenvalue weighted by molar-refractivity contribution is 7.80. The summed E-state index contributed by atoms with van der Waals surface area (Å²) in [7, 11) is 0. The van der Waals surface area contributed by atoms with E-state index in [1.807, 2.05) is 4.90 Å². The summed E-state index contributed by atoms with van der Waals surface area (Å²) in [6.45, 7) is 3.37. The van der Waals surface area contributed by atoms with E-state index in [0.29, 0.717) is 36.7 Å². The molecule has 1 aromatic rings. The molecule has 8 heteroatoms. The highest BCUT2D eigenvalue weighted by Crippen LogP contribution is 2.23. The number of hydrogen-bond donors (Lipinski definition) is 3. The number of piperidine rings is 2. The number of carbonyl (C=O) groups excluding carboxylic acids is 1. The number of likely N-dealkylation sites (tertiary alicyclic amines) is 2. The third-order valence-corrected chi connectivity index (χ3v) is 6.33. The zero-order valence-electron chi connectivity index (χ0n) is 14.7. The van der Waals surface area contributed by atoms with E-state index >= 15 is 0 Å². The van der Waals surface area contributed by atoms with Crippen molar-refractivity contribution in [2.24, 2.45) is 5.73 Å². The van der Waals surface area contributed by atoms with Gasteiger partial charge in [-0.1, -0.05) is 11.6 Å². The second-order valence-corrected chi connectivity index (χ2v) is 7.95. The van der Waals surface area contributed by atoms with Crippen LogP contribution in [-0.2, 0) is 4.79 Å². The molecule has 0 aromatic heterocycles. The van der Waals surface area contributed by atoms with Crippen molar-refractivity contribution in [1.29, 1.82) is 0 Å². The van der Waals surface area contributed by atoms with Gasteiger partial charge in [-0.05, 0) is 49.7 Å². The van der Waals surface area contributed by atoms with E-state index in [1.165, 1.54) is 23.5 Å². The standard InChI is InChI=1S/C18H24ClFN4OS/c19-14-12-13(4-5-15(14)20)22-17(26)23-10-6-18(7-11-23,16(21)25)24-8-2-1-3-9-24/h4-5,12H,1-3,6-11H2,(H2,21,25)(H,22,26)/p+1. The smallest absolute Gasteiger partial charge is 0.278 e. The minimum absolute atomic E-state index is 0.0536. The first-order valence-corrected chi connectivity index (χ1v) is 9.87. The van der Waals surface area contributed by atoms with Gasteiger partial charge in [-0.3, -0.25) is 4.79 Å². The molecule has 2 heterocycles. The van der Waals surface area contributed by atoms with Crippen LogP contribution in [0.3, 0.4) is 0 Å². The van der Waals surface area contributed by atoms with Crippen molar-refractivity contribution >= 4 is 40.5 Å². The quantitative estimate of drug-likeness (QED) is 0.675. The average Bonchev–Trinajstić information content (AvgIpc) is 2.65. The van der Waals surface area contributed by atoms with Gasteiger partial charge in [-0.25, -0.2) is 4.39 Å². The Bertz CT molecular complexity index is 688. The van der Waals surface area contributed by atoms with Crippen LogP contribution in [0.2, 0.25) is 5.02 Å². The van der Waals surface area contributed by atoms with Crippen molar-refractivity contribution in [3.8, 4) is 0 Å². The van der Waals surface area contributed by atoms with Crippen LogP contribution in [-0.4, -0.2) is 47.6 Å². The molecule has 2 aliphatic heterocycles. The summed E-state index contributed by atoms with van der Waals surface area (Å²) in [6.07, 6.45) is 4.94. The summed E-state index contributed by atoms with van der Waals surface area (Å²) in [5, 5.41) is 3.71. The summed E-state index contributed by atoms with van der Waals surface area (Å²) in [4.78, 5) is 15.7. The molecule has 1 aromatic carbocycles. The second-order valence-electron chi connectivity index (χ2n) is 7.16. The lowest BCUT2D eigenvalue weighted by Gasteiger charge is -2.45. The van der Waals surface area contributed by atoms with E-state index in [9.17, 15) is 9.18 Å². The number of hydrogen-bond acceptors (Lipinski definition) is 2. The van der Waals surface area contributed by atoms with Crippen molar-refractivity contribution < 1.29 is 14.1 Å². The first-order chi connectivity index (χ1) is 12.4. The van der Waals surface area contributed by atoms with E-state index in [1.54, 1.807) is 6.07 Å². The summed E-state index contributed by atoms with van der Waals surface area (Å²) < 4.78 is 13.3. The van der Waals surface area contributed by atoms with Crippen molar-refractivity contribution in [3.05, 3.63) is 29.0 Å². The zero-order chi connectivity index (χ0) is 18.7. The summed E-state index contributed by atoms with van der Waals surface area (Å²) in [5.41, 5.74) is 6.00. The molecule has 2 aliphatic rings. The van der Waals surface area contributed by atoms with Gasteiger partial charge in [0.25, 0.3) is 5.91 Å². The maximum Gasteiger partial charge on any atom is 0.278 e. The first-order valence-electron chi connectivity index (χ1n) is 9.08. The molecule has 0 radical (unpaired) electrons. The summed E-state index contributed by atoms with van der Waals surface area (Å²) in [6, 6.07) is 4.42. The molecule has 142 valence electrons. The molecule has 2 fully saturated rings. The minimum Gasteiger partial charge on any atom is -0.364 e. The predicted octanol–water partition coefficient (Wildman–Crippen LogP) is 1.56. The van der Waals surface area contributed by atoms with Crippen molar-refractivity contribution in [2.45, 2.75) is 37.6 Å². The van der Waals surface area contributed by atoms with E-state index in [4.69, 9.17) is 29.6 Å². The molecular weight excluding hydrogens is 375 g/mol. The van der Waals surface area contributed by atoms with Crippen molar-refractivity contribution in [2.75, 3.05) is 31.5 Å². The average molecular weight is 400 g/mol. The van der Waals surface area contributed by atoms with Crippen LogP contribution in [0.4, 0.5) is 10.1 Å². The number of rotatable bonds is 3. The van der Waals surface area contributed by atoms with Crippen LogP contribution >= 0.6 is 23.8 Å². The third-order valence-electron chi connectivity index (χ3n) is 5.68. The van der Waals surface area contributed by atoms with Gasteiger partial charge in [0, 0.05) is 31.6 Å². The second kappa shape index (κ2) is 8.06. The maximum absolute atomic E-state index is 13.3. The molecule has 0 bridgehead atoms. The number of anilines is 1. The molecule has 3 rings (SSSR count). The lowest BCUT2D eigenvalue weighted by molar-refractivity contribution is -0.948. The first kappa shape index (κ1) is 19.3. The van der Waals surface area contributed by atoms with Gasteiger partial charge in [0.1, 0.15) is 5.82 Å². The topological polar surface area (TPSA) is 62.8 Å². The lowest BCUT2D eigenvalue weighted by Crippen LogP contribution is -3.22. The van der Waals surface area contributed by atoms with Crippen LogP contribution in [0.5, 0.6) is 0 Å². The molecule has 26 heavy (non-hydrogen) atoms. The lowest BCUT2D eigenvalue weighted by atomic mass is 9.83. The zero-order valence-corrected chi connectivity index (χ0v) is 16.3. The Kier molecular flexibility index (Phi) is 5.99. The Morgan fingerprint density at radius 2 is 1.92 bits per heavy atom. The van der Waals surface area contributed by atoms with E-state index in [0.717, 1.165) is 25.9 Å². The Hall–Kier alpha value is -1.44. The van der Waals surface area contributed by atoms with Gasteiger partial charge in [0.05, 0.1) is 18.1 Å². The summed E-state index contributed by atoms with van der Waals surface area (Å²) in [5.74, 6) is -0.657. The Morgan fingerprint density at radius 3 is 2.50 bits per heavy atom. The number of thiocarbonyl (C=S) groups is 1. The van der Waals surface area contributed by atoms with E-state index in [2.05, 4.69) is 5.32 Å². The number of nitrogens with zero attached hydrogens (tertiary/aromatic N) is 1. The number of amides is 1. The number of halogens is 2. The Labute approximate surface area is 163 Å². The minimum atomic E-state index is -0.480. The van der Waals surface area contributed by atoms with Crippen LogP contribution in [0.25, 0.3) is 0 Å². The molecule has 0 spiro atoms. The molecule has 5 nitrogen and oxygen atoms in total. The predicted molar refractivity (Wildman–Crippen MR) is 105 cm³/mol. The fourth-order valence-electron chi connectivity index (χ4n) is 4.10. The van der Waals surface area contributed by atoms with E-state index < -0.39 is 11.4 Å². The molecule has 1 amide bonds. The maximum atomic E-state index is 13.3. The molecule has 0 unspecified atom stereocenters. The van der Waals surface area contributed by atoms with Gasteiger partial charge >= 0.3 is 0 Å². The number of benzene rings is 1. The normalized spacial score (nSPS) is 20.6. The SMILES string of the molecule is NC(=O)C1([NH+]2CCCCC2)CCN(C(=S)Nc2ccc(F)c(Cl)c2)CC1. The highest BCUT2D eigenvalue weighted by atomic mass is 35.5.